The molecule has 0 saturated heterocycles. The number of benzene rings is 4. The third-order valence-corrected chi connectivity index (χ3v) is 9.64. The van der Waals surface area contributed by atoms with Crippen LogP contribution in [0.25, 0.3) is 0 Å². The fraction of sp³-hybridized carbons (Fsp3) is 0.212. The highest BCUT2D eigenvalue weighted by Gasteiger charge is 2.34. The summed E-state index contributed by atoms with van der Waals surface area (Å²) in [6, 6.07) is 27.2. The van der Waals surface area contributed by atoms with Crippen molar-refractivity contribution in [3.63, 3.8) is 0 Å². The molecule has 7 nitrogen and oxygen atoms in total. The molecule has 2 amide bonds. The number of carbonyl (C=O) groups excluding carboxylic acids is 2. The summed E-state index contributed by atoms with van der Waals surface area (Å²) in [5.74, 6) is -0.887. The van der Waals surface area contributed by atoms with Crippen molar-refractivity contribution in [3.8, 4) is 0 Å². The van der Waals surface area contributed by atoms with Gasteiger partial charge in [-0.05, 0) is 73.0 Å². The van der Waals surface area contributed by atoms with E-state index in [4.69, 9.17) is 11.6 Å². The first-order chi connectivity index (χ1) is 20.5. The minimum atomic E-state index is -4.19. The summed E-state index contributed by atoms with van der Waals surface area (Å²) in [4.78, 5) is 29.2. The van der Waals surface area contributed by atoms with Gasteiger partial charge in [-0.25, -0.2) is 8.42 Å². The first-order valence-electron chi connectivity index (χ1n) is 13.6. The zero-order valence-electron chi connectivity index (χ0n) is 24.1. The lowest BCUT2D eigenvalue weighted by atomic mass is 10.0. The Balaban J connectivity index is 1.81. The van der Waals surface area contributed by atoms with Crippen molar-refractivity contribution in [2.45, 2.75) is 37.8 Å². The van der Waals surface area contributed by atoms with E-state index in [0.717, 1.165) is 25.5 Å². The Labute approximate surface area is 266 Å². The molecule has 0 aliphatic heterocycles. The monoisotopic (exact) mass is 681 g/mol. The quantitative estimate of drug-likeness (QED) is 0.201. The molecule has 43 heavy (non-hydrogen) atoms. The molecule has 4 aromatic carbocycles. The van der Waals surface area contributed by atoms with E-state index in [-0.39, 0.29) is 23.8 Å². The zero-order chi connectivity index (χ0) is 31.1. The molecule has 224 valence electrons. The molecular formula is C33H33BrClN3O4S. The summed E-state index contributed by atoms with van der Waals surface area (Å²) >= 11 is 9.65. The second kappa shape index (κ2) is 14.2. The van der Waals surface area contributed by atoms with Gasteiger partial charge < -0.3 is 10.2 Å². The Morgan fingerprint density at radius 3 is 2.14 bits per heavy atom. The molecule has 0 aliphatic carbocycles. The smallest absolute Gasteiger partial charge is 0.264 e. The van der Waals surface area contributed by atoms with Crippen molar-refractivity contribution >= 4 is 55.1 Å². The molecule has 0 unspecified atom stereocenters. The van der Waals surface area contributed by atoms with Crippen LogP contribution in [0.5, 0.6) is 0 Å². The van der Waals surface area contributed by atoms with E-state index in [1.807, 2.05) is 61.5 Å². The van der Waals surface area contributed by atoms with Crippen LogP contribution in [-0.4, -0.2) is 44.8 Å². The van der Waals surface area contributed by atoms with Gasteiger partial charge in [0.1, 0.15) is 12.6 Å². The van der Waals surface area contributed by atoms with Crippen LogP contribution < -0.4 is 9.62 Å². The molecule has 0 spiro atoms. The lowest BCUT2D eigenvalue weighted by molar-refractivity contribution is -0.139. The van der Waals surface area contributed by atoms with Crippen molar-refractivity contribution < 1.29 is 18.0 Å². The summed E-state index contributed by atoms with van der Waals surface area (Å²) in [6.07, 6.45) is 0.244. The van der Waals surface area contributed by atoms with Crippen LogP contribution in [0, 0.1) is 13.8 Å². The summed E-state index contributed by atoms with van der Waals surface area (Å²) in [5, 5.41) is 3.13. The average Bonchev–Trinajstić information content (AvgIpc) is 2.99. The van der Waals surface area contributed by atoms with E-state index in [1.165, 1.54) is 24.1 Å². The number of carbonyl (C=O) groups is 2. The van der Waals surface area contributed by atoms with Crippen molar-refractivity contribution in [2.75, 3.05) is 17.9 Å². The average molecular weight is 683 g/mol. The van der Waals surface area contributed by atoms with E-state index in [0.29, 0.717) is 16.3 Å². The van der Waals surface area contributed by atoms with Crippen LogP contribution in [0.4, 0.5) is 5.69 Å². The third-order valence-electron chi connectivity index (χ3n) is 7.10. The first-order valence-corrected chi connectivity index (χ1v) is 16.3. The van der Waals surface area contributed by atoms with Crippen LogP contribution in [-0.2, 0) is 32.6 Å². The summed E-state index contributed by atoms with van der Waals surface area (Å²) < 4.78 is 30.2. The van der Waals surface area contributed by atoms with Gasteiger partial charge in [-0.15, -0.1) is 0 Å². The number of nitrogens with one attached hydrogen (secondary N) is 1. The van der Waals surface area contributed by atoms with Crippen molar-refractivity contribution in [2.24, 2.45) is 0 Å². The first kappa shape index (κ1) is 32.3. The maximum absolute atomic E-state index is 14.4. The van der Waals surface area contributed by atoms with Gasteiger partial charge in [-0.2, -0.15) is 0 Å². The van der Waals surface area contributed by atoms with Crippen LogP contribution in [0.1, 0.15) is 22.3 Å². The van der Waals surface area contributed by atoms with Crippen LogP contribution in [0.15, 0.2) is 106 Å². The summed E-state index contributed by atoms with van der Waals surface area (Å²) in [5.41, 5.74) is 3.46. The van der Waals surface area contributed by atoms with Crippen molar-refractivity contribution in [1.82, 2.24) is 10.2 Å². The van der Waals surface area contributed by atoms with Gasteiger partial charge in [0.2, 0.25) is 11.8 Å². The largest absolute Gasteiger partial charge is 0.357 e. The molecule has 0 aromatic heterocycles. The molecule has 0 fully saturated rings. The molecule has 0 radical (unpaired) electrons. The topological polar surface area (TPSA) is 86.8 Å². The maximum atomic E-state index is 14.4. The molecule has 10 heteroatoms. The number of sulfonamides is 1. The number of anilines is 1. The SMILES string of the molecule is CNC(=O)[C@H](Cc1ccccc1)N(Cc1ccc(Br)cc1)C(=O)CN(c1ccc(Cl)cc1C)S(=O)(=O)c1ccc(C)cc1. The molecule has 1 atom stereocenters. The van der Waals surface area contributed by atoms with Gasteiger partial charge in [-0.1, -0.05) is 87.7 Å². The highest BCUT2D eigenvalue weighted by molar-refractivity contribution is 9.10. The van der Waals surface area contributed by atoms with E-state index < -0.39 is 28.5 Å². The fourth-order valence-corrected chi connectivity index (χ4v) is 6.73. The standard InChI is InChI=1S/C33H33BrClN3O4S/c1-23-9-16-29(17-10-23)43(41,42)38(30-18-15-28(35)19-24(30)2)22-32(39)37(21-26-11-13-27(34)14-12-26)31(33(40)36-3)20-25-7-5-4-6-8-25/h4-19,31H,20-22H2,1-3H3,(H,36,40)/t31-/m0/s1. The number of hydrogen-bond acceptors (Lipinski definition) is 4. The van der Waals surface area contributed by atoms with Crippen LogP contribution >= 0.6 is 27.5 Å². The Morgan fingerprint density at radius 2 is 1.53 bits per heavy atom. The zero-order valence-corrected chi connectivity index (χ0v) is 27.3. The van der Waals surface area contributed by atoms with Gasteiger partial charge in [0.05, 0.1) is 10.6 Å². The maximum Gasteiger partial charge on any atom is 0.264 e. The Bertz CT molecular complexity index is 1680. The van der Waals surface area contributed by atoms with Crippen molar-refractivity contribution in [1.29, 1.82) is 0 Å². The molecule has 0 aliphatic rings. The molecule has 4 rings (SSSR count). The predicted molar refractivity (Wildman–Crippen MR) is 175 cm³/mol. The summed E-state index contributed by atoms with van der Waals surface area (Å²) in [6.45, 7) is 3.17. The molecule has 0 heterocycles. The molecule has 1 N–H and O–H groups in total. The Hall–Kier alpha value is -3.66. The van der Waals surface area contributed by atoms with Gasteiger partial charge in [-0.3, -0.25) is 13.9 Å². The van der Waals surface area contributed by atoms with Gasteiger partial charge in [0, 0.05) is 29.5 Å². The van der Waals surface area contributed by atoms with Gasteiger partial charge in [0.25, 0.3) is 10.0 Å². The van der Waals surface area contributed by atoms with Gasteiger partial charge >= 0.3 is 0 Å². The second-order valence-electron chi connectivity index (χ2n) is 10.2. The summed E-state index contributed by atoms with van der Waals surface area (Å²) in [7, 11) is -2.67. The predicted octanol–water partition coefficient (Wildman–Crippen LogP) is 6.30. The number of hydrogen-bond donors (Lipinski definition) is 1. The Morgan fingerprint density at radius 1 is 0.884 bits per heavy atom. The lowest BCUT2D eigenvalue weighted by Gasteiger charge is -2.34. The van der Waals surface area contributed by atoms with Gasteiger partial charge in [0.15, 0.2) is 0 Å². The van der Waals surface area contributed by atoms with Crippen molar-refractivity contribution in [3.05, 3.63) is 129 Å². The third kappa shape index (κ3) is 8.04. The number of rotatable bonds is 11. The van der Waals surface area contributed by atoms with Crippen LogP contribution in [0.2, 0.25) is 5.02 Å². The molecular weight excluding hydrogens is 650 g/mol. The van der Waals surface area contributed by atoms with E-state index in [1.54, 1.807) is 37.3 Å². The normalized spacial score (nSPS) is 11.9. The molecule has 0 saturated carbocycles. The fourth-order valence-electron chi connectivity index (χ4n) is 4.76. The van der Waals surface area contributed by atoms with Crippen LogP contribution in [0.3, 0.4) is 0 Å². The molecule has 4 aromatic rings. The van der Waals surface area contributed by atoms with E-state index >= 15 is 0 Å². The molecule has 0 bridgehead atoms. The highest BCUT2D eigenvalue weighted by atomic mass is 79.9. The second-order valence-corrected chi connectivity index (χ2v) is 13.4. The minimum absolute atomic E-state index is 0.0480. The highest BCUT2D eigenvalue weighted by Crippen LogP contribution is 2.30. The number of likely N-dealkylation sites (N-methyl/N-ethyl adjacent to an activating group) is 1. The number of nitrogens with zero attached hydrogens (tertiary/aromatic N) is 2. The Kier molecular flexibility index (Phi) is 10.7. The number of amides is 2. The van der Waals surface area contributed by atoms with E-state index in [9.17, 15) is 18.0 Å². The number of aryl methyl sites for hydroxylation is 2. The minimum Gasteiger partial charge on any atom is -0.357 e. The lowest BCUT2D eigenvalue weighted by Crippen LogP contribution is -2.53. The van der Waals surface area contributed by atoms with E-state index in [2.05, 4.69) is 21.2 Å². The number of halogens is 2.